The van der Waals surface area contributed by atoms with E-state index < -0.39 is 15.1 Å². The first-order valence-corrected chi connectivity index (χ1v) is 9.03. The molecule has 0 aromatic heterocycles. The molecular weight excluding hydrogens is 314 g/mol. The Hall–Kier alpha value is -1.72. The predicted octanol–water partition coefficient (Wildman–Crippen LogP) is 2.84. The Balaban J connectivity index is 1.99. The van der Waals surface area contributed by atoms with E-state index in [0.29, 0.717) is 4.90 Å². The maximum atomic E-state index is 12.9. The van der Waals surface area contributed by atoms with Crippen molar-refractivity contribution in [1.29, 1.82) is 0 Å². The standard InChI is InChI=1S/C17H17NO2S2/c1-11-7-9-13(10-8-11)22(19,20)16-14(15(16)17(18)21)12-5-3-2-4-6-12/h2-10,14-16H,1H3,(H2,18,21)/t14-,15-,16-/m0/s1. The first-order valence-electron chi connectivity index (χ1n) is 7.08. The smallest absolute Gasteiger partial charge is 0.182 e. The van der Waals surface area contributed by atoms with E-state index in [4.69, 9.17) is 18.0 Å². The molecule has 0 bridgehead atoms. The van der Waals surface area contributed by atoms with Gasteiger partial charge in [-0.1, -0.05) is 60.2 Å². The predicted molar refractivity (Wildman–Crippen MR) is 91.6 cm³/mol. The van der Waals surface area contributed by atoms with Gasteiger partial charge in [-0.3, -0.25) is 0 Å². The van der Waals surface area contributed by atoms with Crippen LogP contribution in [-0.2, 0) is 9.84 Å². The second kappa shape index (κ2) is 5.48. The molecule has 0 spiro atoms. The lowest BCUT2D eigenvalue weighted by molar-refractivity contribution is 0.593. The van der Waals surface area contributed by atoms with Gasteiger partial charge in [0, 0.05) is 11.8 Å². The summed E-state index contributed by atoms with van der Waals surface area (Å²) in [6, 6.07) is 16.5. The summed E-state index contributed by atoms with van der Waals surface area (Å²) in [6.07, 6.45) is 0. The van der Waals surface area contributed by atoms with Crippen LogP contribution in [0, 0.1) is 12.8 Å². The molecule has 2 N–H and O–H groups in total. The molecule has 3 atom stereocenters. The molecule has 0 heterocycles. The maximum Gasteiger partial charge on any atom is 0.182 e. The average Bonchev–Trinajstić information content (AvgIpc) is 3.25. The van der Waals surface area contributed by atoms with Crippen molar-refractivity contribution in [2.45, 2.75) is 23.0 Å². The molecule has 0 radical (unpaired) electrons. The molecule has 22 heavy (non-hydrogen) atoms. The molecule has 1 aliphatic carbocycles. The Kier molecular flexibility index (Phi) is 3.78. The van der Waals surface area contributed by atoms with Gasteiger partial charge in [0.25, 0.3) is 0 Å². The zero-order chi connectivity index (χ0) is 15.9. The Bertz CT molecular complexity index is 798. The topological polar surface area (TPSA) is 60.2 Å². The fraction of sp³-hybridized carbons (Fsp3) is 0.235. The molecule has 1 saturated carbocycles. The van der Waals surface area contributed by atoms with Gasteiger partial charge in [-0.15, -0.1) is 0 Å². The summed E-state index contributed by atoms with van der Waals surface area (Å²) in [7, 11) is -3.44. The van der Waals surface area contributed by atoms with Crippen molar-refractivity contribution < 1.29 is 8.42 Å². The SMILES string of the molecule is Cc1ccc(S(=O)(=O)[C@@H]2[C@@H](C(N)=S)[C@@H]2c2ccccc2)cc1. The summed E-state index contributed by atoms with van der Waals surface area (Å²) in [5, 5.41) is -0.560. The number of sulfone groups is 1. The molecule has 2 aromatic carbocycles. The highest BCUT2D eigenvalue weighted by Gasteiger charge is 2.60. The van der Waals surface area contributed by atoms with E-state index in [1.54, 1.807) is 12.1 Å². The van der Waals surface area contributed by atoms with Crippen LogP contribution in [0.15, 0.2) is 59.5 Å². The molecular formula is C17H17NO2S2. The normalized spacial score (nSPS) is 24.0. The van der Waals surface area contributed by atoms with Crippen LogP contribution >= 0.6 is 12.2 Å². The fourth-order valence-electron chi connectivity index (χ4n) is 2.97. The molecule has 5 heteroatoms. The second-order valence-electron chi connectivity index (χ2n) is 5.69. The van der Waals surface area contributed by atoms with Crippen LogP contribution < -0.4 is 5.73 Å². The molecule has 114 valence electrons. The van der Waals surface area contributed by atoms with Crippen molar-refractivity contribution in [2.75, 3.05) is 0 Å². The highest BCUT2D eigenvalue weighted by Crippen LogP contribution is 2.54. The van der Waals surface area contributed by atoms with E-state index in [1.807, 2.05) is 49.4 Å². The first-order chi connectivity index (χ1) is 10.4. The monoisotopic (exact) mass is 331 g/mol. The lowest BCUT2D eigenvalue weighted by atomic mass is 10.1. The van der Waals surface area contributed by atoms with Gasteiger partial charge in [0.1, 0.15) is 0 Å². The van der Waals surface area contributed by atoms with E-state index in [9.17, 15) is 8.42 Å². The summed E-state index contributed by atoms with van der Waals surface area (Å²) in [5.41, 5.74) is 7.78. The van der Waals surface area contributed by atoms with Gasteiger partial charge < -0.3 is 5.73 Å². The quantitative estimate of drug-likeness (QED) is 0.875. The third-order valence-corrected chi connectivity index (χ3v) is 6.68. The number of thiocarbonyl (C=S) groups is 1. The highest BCUT2D eigenvalue weighted by atomic mass is 32.2. The summed E-state index contributed by atoms with van der Waals surface area (Å²) in [5.74, 6) is -0.436. The first kappa shape index (κ1) is 15.2. The number of hydrogen-bond acceptors (Lipinski definition) is 3. The highest BCUT2D eigenvalue weighted by molar-refractivity contribution is 7.92. The second-order valence-corrected chi connectivity index (χ2v) is 8.26. The summed E-state index contributed by atoms with van der Waals surface area (Å²) in [4.78, 5) is 0.609. The van der Waals surface area contributed by atoms with Crippen LogP contribution in [0.5, 0.6) is 0 Å². The molecule has 2 aromatic rings. The van der Waals surface area contributed by atoms with Crippen molar-refractivity contribution in [3.63, 3.8) is 0 Å². The lowest BCUT2D eigenvalue weighted by Crippen LogP contribution is -2.17. The van der Waals surface area contributed by atoms with Crippen LogP contribution in [0.2, 0.25) is 0 Å². The van der Waals surface area contributed by atoms with Crippen LogP contribution in [0.4, 0.5) is 0 Å². The zero-order valence-corrected chi connectivity index (χ0v) is 13.8. The van der Waals surface area contributed by atoms with Crippen LogP contribution in [0.3, 0.4) is 0 Å². The van der Waals surface area contributed by atoms with E-state index in [1.165, 1.54) is 0 Å². The molecule has 0 unspecified atom stereocenters. The summed E-state index contributed by atoms with van der Waals surface area (Å²) < 4.78 is 25.8. The van der Waals surface area contributed by atoms with Crippen molar-refractivity contribution in [3.8, 4) is 0 Å². The van der Waals surface area contributed by atoms with E-state index in [-0.39, 0.29) is 16.8 Å². The van der Waals surface area contributed by atoms with Gasteiger partial charge in [-0.25, -0.2) is 8.42 Å². The van der Waals surface area contributed by atoms with Crippen molar-refractivity contribution in [2.24, 2.45) is 11.7 Å². The molecule has 3 rings (SSSR count). The molecule has 1 fully saturated rings. The van der Waals surface area contributed by atoms with E-state index in [0.717, 1.165) is 11.1 Å². The molecule has 1 aliphatic rings. The Labute approximate surface area is 136 Å². The average molecular weight is 331 g/mol. The summed E-state index contributed by atoms with van der Waals surface area (Å²) >= 11 is 5.09. The van der Waals surface area contributed by atoms with Gasteiger partial charge in [-0.05, 0) is 24.6 Å². The Morgan fingerprint density at radius 1 is 1.05 bits per heavy atom. The van der Waals surface area contributed by atoms with Crippen LogP contribution in [0.25, 0.3) is 0 Å². The van der Waals surface area contributed by atoms with Gasteiger partial charge in [0.15, 0.2) is 9.84 Å². The van der Waals surface area contributed by atoms with Gasteiger partial charge in [-0.2, -0.15) is 0 Å². The molecule has 0 amide bonds. The van der Waals surface area contributed by atoms with Crippen molar-refractivity contribution in [1.82, 2.24) is 0 Å². The molecule has 0 aliphatic heterocycles. The van der Waals surface area contributed by atoms with Crippen molar-refractivity contribution >= 4 is 27.0 Å². The number of rotatable bonds is 4. The van der Waals surface area contributed by atoms with Crippen molar-refractivity contribution in [3.05, 3.63) is 65.7 Å². The fourth-order valence-corrected chi connectivity index (χ4v) is 5.50. The summed E-state index contributed by atoms with van der Waals surface area (Å²) in [6.45, 7) is 1.93. The number of aryl methyl sites for hydroxylation is 1. The van der Waals surface area contributed by atoms with Gasteiger partial charge in [0.05, 0.1) is 15.1 Å². The third kappa shape index (κ3) is 2.55. The van der Waals surface area contributed by atoms with Crippen LogP contribution in [-0.4, -0.2) is 18.7 Å². The maximum absolute atomic E-state index is 12.9. The van der Waals surface area contributed by atoms with E-state index >= 15 is 0 Å². The van der Waals surface area contributed by atoms with Crippen LogP contribution in [0.1, 0.15) is 17.0 Å². The van der Waals surface area contributed by atoms with Gasteiger partial charge in [0.2, 0.25) is 0 Å². The lowest BCUT2D eigenvalue weighted by Gasteiger charge is -2.05. The number of benzene rings is 2. The minimum Gasteiger partial charge on any atom is -0.393 e. The minimum absolute atomic E-state index is 0.148. The van der Waals surface area contributed by atoms with Gasteiger partial charge >= 0.3 is 0 Å². The molecule has 3 nitrogen and oxygen atoms in total. The third-order valence-electron chi connectivity index (χ3n) is 4.17. The number of nitrogens with two attached hydrogens (primary N) is 1. The molecule has 0 saturated heterocycles. The minimum atomic E-state index is -3.44. The largest absolute Gasteiger partial charge is 0.393 e. The Morgan fingerprint density at radius 3 is 2.18 bits per heavy atom. The van der Waals surface area contributed by atoms with E-state index in [2.05, 4.69) is 0 Å². The zero-order valence-electron chi connectivity index (χ0n) is 12.1. The Morgan fingerprint density at radius 2 is 1.64 bits per heavy atom. The number of hydrogen-bond donors (Lipinski definition) is 1.